The maximum Gasteiger partial charge on any atom is 0.0713 e. The van der Waals surface area contributed by atoms with Crippen molar-refractivity contribution in [2.45, 2.75) is 19.8 Å². The number of hydrogen-bond donors (Lipinski definition) is 0. The monoisotopic (exact) mass is 194 g/mol. The van der Waals surface area contributed by atoms with Crippen molar-refractivity contribution >= 4 is 41.4 Å². The predicted octanol–water partition coefficient (Wildman–Crippen LogP) is 4.00. The second-order valence-electron chi connectivity index (χ2n) is 1.11. The molecule has 0 radical (unpaired) electrons. The van der Waals surface area contributed by atoms with Crippen molar-refractivity contribution in [2.24, 2.45) is 0 Å². The molecule has 0 aliphatic rings. The maximum absolute atomic E-state index is 5.30. The molecule has 4 heteroatoms. The third kappa shape index (κ3) is 26.6. The van der Waals surface area contributed by atoms with E-state index >= 15 is 0 Å². The molecular formula is C4H10Cl3P. The van der Waals surface area contributed by atoms with Gasteiger partial charge in [-0.3, -0.25) is 0 Å². The molecule has 0 aromatic heterocycles. The molecule has 8 heavy (non-hydrogen) atoms. The summed E-state index contributed by atoms with van der Waals surface area (Å²) in [6.45, 7) is 2.13. The predicted molar refractivity (Wildman–Crippen MR) is 45.6 cm³/mol. The van der Waals surface area contributed by atoms with Crippen LogP contribution in [0.25, 0.3) is 0 Å². The Balaban J connectivity index is 0. The van der Waals surface area contributed by atoms with Gasteiger partial charge < -0.3 is 0 Å². The second kappa shape index (κ2) is 15.7. The summed E-state index contributed by atoms with van der Waals surface area (Å²) in [7, 11) is 0.0278. The van der Waals surface area contributed by atoms with Gasteiger partial charge in [0.1, 0.15) is 0 Å². The molecule has 0 aliphatic heterocycles. The highest BCUT2D eigenvalue weighted by Crippen LogP contribution is 2.19. The van der Waals surface area contributed by atoms with Crippen LogP contribution in [0.15, 0.2) is 0 Å². The van der Waals surface area contributed by atoms with Crippen LogP contribution >= 0.6 is 41.4 Å². The molecule has 0 rings (SSSR count). The molecule has 52 valence electrons. The molecule has 0 atom stereocenters. The quantitative estimate of drug-likeness (QED) is 0.461. The van der Waals surface area contributed by atoms with E-state index in [2.05, 4.69) is 6.92 Å². The molecule has 0 amide bonds. The van der Waals surface area contributed by atoms with Gasteiger partial charge in [-0.25, -0.2) is 0 Å². The lowest BCUT2D eigenvalue weighted by atomic mass is 10.4. The highest BCUT2D eigenvalue weighted by Gasteiger charge is 1.70. The van der Waals surface area contributed by atoms with Crippen LogP contribution in [0.1, 0.15) is 19.8 Å². The summed E-state index contributed by atoms with van der Waals surface area (Å²) in [5.41, 5.74) is 0. The van der Waals surface area contributed by atoms with Crippen LogP contribution < -0.4 is 0 Å². The molecule has 0 saturated carbocycles. The van der Waals surface area contributed by atoms with E-state index in [9.17, 15) is 0 Å². The highest BCUT2D eigenvalue weighted by atomic mass is 35.9. The minimum absolute atomic E-state index is 0.0278. The van der Waals surface area contributed by atoms with E-state index in [-0.39, 0.29) is 7.29 Å². The van der Waals surface area contributed by atoms with E-state index in [4.69, 9.17) is 34.1 Å². The molecule has 0 aliphatic carbocycles. The fourth-order valence-corrected chi connectivity index (χ4v) is 0.401. The smallest absolute Gasteiger partial charge is 0.0713 e. The van der Waals surface area contributed by atoms with Crippen LogP contribution in [0.5, 0.6) is 0 Å². The van der Waals surface area contributed by atoms with Gasteiger partial charge >= 0.3 is 0 Å². The Morgan fingerprint density at radius 2 is 1.75 bits per heavy atom. The van der Waals surface area contributed by atoms with Crippen LogP contribution in [-0.2, 0) is 0 Å². The lowest BCUT2D eigenvalue weighted by molar-refractivity contribution is 0.892. The summed E-state index contributed by atoms with van der Waals surface area (Å²) < 4.78 is 0. The minimum atomic E-state index is 0.0278. The van der Waals surface area contributed by atoms with Gasteiger partial charge in [0.2, 0.25) is 0 Å². The van der Waals surface area contributed by atoms with E-state index < -0.39 is 0 Å². The Hall–Kier alpha value is 1.30. The summed E-state index contributed by atoms with van der Waals surface area (Å²) in [5, 5.41) is 0. The van der Waals surface area contributed by atoms with Gasteiger partial charge in [0.25, 0.3) is 0 Å². The summed E-state index contributed by atoms with van der Waals surface area (Å²) in [5.74, 6) is 0.816. The van der Waals surface area contributed by atoms with Gasteiger partial charge in [-0.15, -0.1) is 11.6 Å². The van der Waals surface area contributed by atoms with Crippen molar-refractivity contribution in [1.82, 2.24) is 0 Å². The fourth-order valence-electron chi connectivity index (χ4n) is 0.134. The molecule has 0 aromatic rings. The third-order valence-corrected chi connectivity index (χ3v) is 0.754. The standard InChI is InChI=1S/C4H9Cl.Cl2HP/c1-2-3-4-5;1-3-2/h2-4H2,1H3;3H. The SMILES string of the molecule is CCCCCl.ClPCl. The van der Waals surface area contributed by atoms with Crippen LogP contribution in [0.2, 0.25) is 0 Å². The molecule has 0 unspecified atom stereocenters. The lowest BCUT2D eigenvalue weighted by Crippen LogP contribution is -1.65. The normalized spacial score (nSPS) is 7.50. The van der Waals surface area contributed by atoms with Gasteiger partial charge in [0.05, 0.1) is 7.29 Å². The first-order valence-corrected chi connectivity index (χ1v) is 5.91. The van der Waals surface area contributed by atoms with Gasteiger partial charge in [-0.05, 0) is 6.42 Å². The number of unbranched alkanes of at least 4 members (excludes halogenated alkanes) is 1. The Labute approximate surface area is 67.2 Å². The minimum Gasteiger partial charge on any atom is -0.127 e. The van der Waals surface area contributed by atoms with Crippen molar-refractivity contribution < 1.29 is 0 Å². The topological polar surface area (TPSA) is 0 Å². The third-order valence-electron chi connectivity index (χ3n) is 0.487. The second-order valence-corrected chi connectivity index (χ2v) is 3.35. The largest absolute Gasteiger partial charge is 0.127 e. The first-order valence-electron chi connectivity index (χ1n) is 2.35. The zero-order valence-corrected chi connectivity index (χ0v) is 8.02. The highest BCUT2D eigenvalue weighted by molar-refractivity contribution is 7.90. The summed E-state index contributed by atoms with van der Waals surface area (Å²) in [6.07, 6.45) is 2.37. The first kappa shape index (κ1) is 12.0. The molecular weight excluding hydrogens is 185 g/mol. The zero-order chi connectivity index (χ0) is 6.83. The Morgan fingerprint density at radius 3 is 1.75 bits per heavy atom. The van der Waals surface area contributed by atoms with E-state index in [1.165, 1.54) is 6.42 Å². The summed E-state index contributed by atoms with van der Waals surface area (Å²) >= 11 is 14.9. The van der Waals surface area contributed by atoms with Crippen molar-refractivity contribution in [3.8, 4) is 0 Å². The molecule has 0 bridgehead atoms. The lowest BCUT2D eigenvalue weighted by Gasteiger charge is -1.77. The molecule has 0 saturated heterocycles. The number of alkyl halides is 1. The van der Waals surface area contributed by atoms with Crippen molar-refractivity contribution in [1.29, 1.82) is 0 Å². The summed E-state index contributed by atoms with van der Waals surface area (Å²) in [6, 6.07) is 0. The number of rotatable bonds is 2. The average molecular weight is 195 g/mol. The Morgan fingerprint density at radius 1 is 1.38 bits per heavy atom. The van der Waals surface area contributed by atoms with Crippen LogP contribution in [0.3, 0.4) is 0 Å². The zero-order valence-electron chi connectivity index (χ0n) is 4.76. The van der Waals surface area contributed by atoms with Gasteiger partial charge in [-0.1, -0.05) is 35.8 Å². The molecule has 0 spiro atoms. The number of halogens is 3. The van der Waals surface area contributed by atoms with E-state index in [1.807, 2.05) is 0 Å². The van der Waals surface area contributed by atoms with Gasteiger partial charge in [0.15, 0.2) is 0 Å². The molecule has 0 nitrogen and oxygen atoms in total. The van der Waals surface area contributed by atoms with Crippen LogP contribution in [0.4, 0.5) is 0 Å². The van der Waals surface area contributed by atoms with Crippen LogP contribution in [-0.4, -0.2) is 5.88 Å². The van der Waals surface area contributed by atoms with E-state index in [1.54, 1.807) is 0 Å². The molecule has 0 N–H and O–H groups in total. The van der Waals surface area contributed by atoms with E-state index in [0.717, 1.165) is 12.3 Å². The van der Waals surface area contributed by atoms with Crippen LogP contribution in [0, 0.1) is 0 Å². The average Bonchev–Trinajstić information content (AvgIpc) is 1.71. The number of hydrogen-bond acceptors (Lipinski definition) is 0. The fraction of sp³-hybridized carbons (Fsp3) is 1.00. The summed E-state index contributed by atoms with van der Waals surface area (Å²) in [4.78, 5) is 0. The van der Waals surface area contributed by atoms with Gasteiger partial charge in [-0.2, -0.15) is 0 Å². The van der Waals surface area contributed by atoms with Crippen molar-refractivity contribution in [3.63, 3.8) is 0 Å². The van der Waals surface area contributed by atoms with Crippen molar-refractivity contribution in [3.05, 3.63) is 0 Å². The molecule has 0 aromatic carbocycles. The maximum atomic E-state index is 5.30. The van der Waals surface area contributed by atoms with Crippen molar-refractivity contribution in [2.75, 3.05) is 5.88 Å². The van der Waals surface area contributed by atoms with E-state index in [0.29, 0.717) is 0 Å². The first-order chi connectivity index (χ1) is 3.83. The molecule has 0 heterocycles. The Bertz CT molecular complexity index is 25.2. The Kier molecular flexibility index (Phi) is 23.7. The molecule has 0 fully saturated rings. The van der Waals surface area contributed by atoms with Gasteiger partial charge in [0, 0.05) is 5.88 Å².